The summed E-state index contributed by atoms with van der Waals surface area (Å²) in [7, 11) is -8.71. The molecule has 3 aromatic rings. The van der Waals surface area contributed by atoms with Crippen molar-refractivity contribution < 1.29 is 25.6 Å². The molecule has 3 atom stereocenters. The molecular formula is C34H38O6S2. The Labute approximate surface area is 248 Å². The summed E-state index contributed by atoms with van der Waals surface area (Å²) in [6, 6.07) is 13.2. The number of hydrogen-bond acceptors (Lipinski definition) is 5. The van der Waals surface area contributed by atoms with Crippen molar-refractivity contribution in [2.24, 2.45) is 17.8 Å². The third-order valence-corrected chi connectivity index (χ3v) is 13.9. The summed E-state index contributed by atoms with van der Waals surface area (Å²) in [4.78, 5) is 0.252. The SMILES string of the molecule is O=S(=O)(O)c1ccc(OS(=O)(=O)c2c(C3CC4CCC3C4)cc3ccccc3c2C23CCC(CC2)C3)c2c1CCCC2. The van der Waals surface area contributed by atoms with Crippen LogP contribution in [0.4, 0.5) is 0 Å². The normalized spacial score (nSPS) is 30.2. The zero-order valence-corrected chi connectivity index (χ0v) is 25.5. The van der Waals surface area contributed by atoms with Gasteiger partial charge in [-0.1, -0.05) is 30.7 Å². The lowest BCUT2D eigenvalue weighted by molar-refractivity contribution is 0.396. The smallest absolute Gasteiger partial charge is 0.339 e. The molecule has 5 aliphatic rings. The van der Waals surface area contributed by atoms with Crippen molar-refractivity contribution in [3.63, 3.8) is 0 Å². The van der Waals surface area contributed by atoms with Crippen molar-refractivity contribution in [3.05, 3.63) is 64.7 Å². The first kappa shape index (κ1) is 27.2. The van der Waals surface area contributed by atoms with E-state index in [1.165, 1.54) is 25.0 Å². The van der Waals surface area contributed by atoms with Gasteiger partial charge in [-0.25, -0.2) is 0 Å². The van der Waals surface area contributed by atoms with Crippen LogP contribution in [0.1, 0.15) is 98.8 Å². The first-order chi connectivity index (χ1) is 20.1. The Kier molecular flexibility index (Phi) is 6.17. The Balaban J connectivity index is 1.35. The molecule has 0 aliphatic heterocycles. The lowest BCUT2D eigenvalue weighted by Gasteiger charge is -2.34. The molecule has 42 heavy (non-hydrogen) atoms. The van der Waals surface area contributed by atoms with Crippen LogP contribution in [0, 0.1) is 17.8 Å². The van der Waals surface area contributed by atoms with Crippen LogP contribution >= 0.6 is 0 Å². The first-order valence-electron chi connectivity index (χ1n) is 15.8. The molecule has 222 valence electrons. The van der Waals surface area contributed by atoms with E-state index in [-0.39, 0.29) is 22.0 Å². The Hall–Kier alpha value is -2.42. The molecule has 8 rings (SSSR count). The molecule has 6 nitrogen and oxygen atoms in total. The van der Waals surface area contributed by atoms with Crippen LogP contribution in [-0.4, -0.2) is 21.4 Å². The summed E-state index contributed by atoms with van der Waals surface area (Å²) in [5, 5.41) is 2.14. The molecule has 8 heteroatoms. The maximum absolute atomic E-state index is 14.9. The van der Waals surface area contributed by atoms with Crippen molar-refractivity contribution in [2.75, 3.05) is 0 Å². The predicted molar refractivity (Wildman–Crippen MR) is 161 cm³/mol. The van der Waals surface area contributed by atoms with E-state index in [0.29, 0.717) is 46.6 Å². The second-order valence-electron chi connectivity index (χ2n) is 13.8. The second kappa shape index (κ2) is 9.54. The third-order valence-electron chi connectivity index (χ3n) is 11.6. The largest absolute Gasteiger partial charge is 0.379 e. The molecule has 1 N–H and O–H groups in total. The quantitative estimate of drug-likeness (QED) is 0.231. The minimum atomic E-state index is -4.43. The van der Waals surface area contributed by atoms with E-state index >= 15 is 0 Å². The lowest BCUT2D eigenvalue weighted by atomic mass is 9.73. The average Bonchev–Trinajstić information content (AvgIpc) is 3.78. The van der Waals surface area contributed by atoms with Crippen LogP contribution in [0.3, 0.4) is 0 Å². The van der Waals surface area contributed by atoms with E-state index in [9.17, 15) is 21.4 Å². The van der Waals surface area contributed by atoms with Crippen molar-refractivity contribution in [2.45, 2.75) is 105 Å². The van der Waals surface area contributed by atoms with E-state index in [1.54, 1.807) is 0 Å². The van der Waals surface area contributed by atoms with E-state index in [4.69, 9.17) is 4.18 Å². The fourth-order valence-electron chi connectivity index (χ4n) is 9.87. The highest BCUT2D eigenvalue weighted by Crippen LogP contribution is 2.61. The van der Waals surface area contributed by atoms with Crippen LogP contribution < -0.4 is 4.18 Å². The van der Waals surface area contributed by atoms with Gasteiger partial charge < -0.3 is 4.18 Å². The Bertz CT molecular complexity index is 1820. The Morgan fingerprint density at radius 2 is 1.60 bits per heavy atom. The van der Waals surface area contributed by atoms with Gasteiger partial charge >= 0.3 is 10.1 Å². The van der Waals surface area contributed by atoms with E-state index in [2.05, 4.69) is 18.2 Å². The molecule has 4 bridgehead atoms. The number of benzene rings is 3. The second-order valence-corrected chi connectivity index (χ2v) is 16.7. The minimum absolute atomic E-state index is 0.141. The molecule has 3 aromatic carbocycles. The van der Waals surface area contributed by atoms with Crippen molar-refractivity contribution >= 4 is 31.0 Å². The molecule has 0 heterocycles. The Morgan fingerprint density at radius 1 is 0.833 bits per heavy atom. The van der Waals surface area contributed by atoms with Crippen molar-refractivity contribution in [3.8, 4) is 5.75 Å². The van der Waals surface area contributed by atoms with Gasteiger partial charge in [0.15, 0.2) is 0 Å². The zero-order valence-electron chi connectivity index (χ0n) is 23.8. The summed E-state index contributed by atoms with van der Waals surface area (Å²) in [6.07, 6.45) is 12.4. The highest BCUT2D eigenvalue weighted by atomic mass is 32.2. The maximum atomic E-state index is 14.9. The van der Waals surface area contributed by atoms with Crippen molar-refractivity contribution in [1.82, 2.24) is 0 Å². The average molecular weight is 607 g/mol. The Morgan fingerprint density at radius 3 is 2.26 bits per heavy atom. The van der Waals surface area contributed by atoms with Gasteiger partial charge in [-0.05, 0) is 152 Å². The van der Waals surface area contributed by atoms with Gasteiger partial charge in [0.2, 0.25) is 0 Å². The standard InChI is InChI=1S/C34H38O6S2/c35-41(36,37)31-12-11-30(26-7-3-4-8-27(26)31)40-42(38,39)33-29(28-18-22-9-10-24(28)17-22)19-23-5-1-2-6-25(23)32(33)34-15-13-21(20-34)14-16-34/h1-2,5-6,11-12,19,21-22,24,28H,3-4,7-10,13-18,20H2,(H,35,36,37). The summed E-state index contributed by atoms with van der Waals surface area (Å²) in [5.74, 6) is 2.20. The zero-order chi connectivity index (χ0) is 28.9. The van der Waals surface area contributed by atoms with Crippen LogP contribution in [0.15, 0.2) is 52.3 Å². The number of fused-ring (bicyclic) bond motifs is 6. The maximum Gasteiger partial charge on any atom is 0.339 e. The fraction of sp³-hybridized carbons (Fsp3) is 0.529. The van der Waals surface area contributed by atoms with Gasteiger partial charge in [0.05, 0.1) is 4.90 Å². The minimum Gasteiger partial charge on any atom is -0.379 e. The molecule has 0 spiro atoms. The molecule has 5 aliphatic carbocycles. The molecule has 0 radical (unpaired) electrons. The van der Waals surface area contributed by atoms with Crippen molar-refractivity contribution in [1.29, 1.82) is 0 Å². The highest BCUT2D eigenvalue weighted by molar-refractivity contribution is 7.87. The molecule has 4 fully saturated rings. The summed E-state index contributed by atoms with van der Waals surface area (Å²) in [6.45, 7) is 0. The molecule has 0 amide bonds. The predicted octanol–water partition coefficient (Wildman–Crippen LogP) is 7.47. The van der Waals surface area contributed by atoms with Crippen LogP contribution in [0.25, 0.3) is 10.8 Å². The van der Waals surface area contributed by atoms with Crippen LogP contribution in [-0.2, 0) is 38.5 Å². The van der Waals surface area contributed by atoms with Gasteiger partial charge in [0.25, 0.3) is 10.1 Å². The van der Waals surface area contributed by atoms with E-state index in [0.717, 1.165) is 79.7 Å². The molecular weight excluding hydrogens is 569 g/mol. The van der Waals surface area contributed by atoms with Crippen LogP contribution in [0.2, 0.25) is 0 Å². The summed E-state index contributed by atoms with van der Waals surface area (Å²) in [5.41, 5.74) is 2.81. The van der Waals surface area contributed by atoms with Gasteiger partial charge in [-0.3, -0.25) is 4.55 Å². The summed E-state index contributed by atoms with van der Waals surface area (Å²) < 4.78 is 70.1. The lowest BCUT2D eigenvalue weighted by Crippen LogP contribution is -2.28. The topological polar surface area (TPSA) is 97.7 Å². The molecule has 3 unspecified atom stereocenters. The number of rotatable bonds is 6. The third kappa shape index (κ3) is 4.19. The number of hydrogen-bond donors (Lipinski definition) is 1. The van der Waals surface area contributed by atoms with Gasteiger partial charge in [-0.2, -0.15) is 16.8 Å². The summed E-state index contributed by atoms with van der Waals surface area (Å²) >= 11 is 0. The molecule has 4 saturated carbocycles. The first-order valence-corrected chi connectivity index (χ1v) is 18.6. The van der Waals surface area contributed by atoms with E-state index < -0.39 is 20.2 Å². The fourth-order valence-corrected chi connectivity index (χ4v) is 12.2. The van der Waals surface area contributed by atoms with Gasteiger partial charge in [0, 0.05) is 5.56 Å². The molecule has 0 aromatic heterocycles. The monoisotopic (exact) mass is 606 g/mol. The highest BCUT2D eigenvalue weighted by Gasteiger charge is 2.51. The van der Waals surface area contributed by atoms with E-state index in [1.807, 2.05) is 12.1 Å². The van der Waals surface area contributed by atoms with Gasteiger partial charge in [0.1, 0.15) is 10.6 Å². The van der Waals surface area contributed by atoms with Crippen LogP contribution in [0.5, 0.6) is 5.75 Å². The van der Waals surface area contributed by atoms with Gasteiger partial charge in [-0.15, -0.1) is 0 Å². The molecule has 0 saturated heterocycles.